The summed E-state index contributed by atoms with van der Waals surface area (Å²) in [5.74, 6) is 0.801. The zero-order valence-electron chi connectivity index (χ0n) is 16.7. The number of rotatable bonds is 7. The molecule has 4 nitrogen and oxygen atoms in total. The highest BCUT2D eigenvalue weighted by Gasteiger charge is 2.19. The number of hydrogen-bond donors (Lipinski definition) is 1. The molecule has 1 atom stereocenters. The Kier molecular flexibility index (Phi) is 6.45. The predicted octanol–water partition coefficient (Wildman–Crippen LogP) is 3.92. The van der Waals surface area contributed by atoms with Crippen molar-refractivity contribution < 1.29 is 9.84 Å². The summed E-state index contributed by atoms with van der Waals surface area (Å²) in [4.78, 5) is 4.73. The van der Waals surface area contributed by atoms with E-state index in [1.54, 1.807) is 0 Å². The van der Waals surface area contributed by atoms with Crippen LogP contribution in [0.25, 0.3) is 11.1 Å². The third kappa shape index (κ3) is 5.37. The first-order valence-electron chi connectivity index (χ1n) is 10.3. The molecule has 1 saturated heterocycles. The molecule has 4 rings (SSSR count). The Labute approximate surface area is 173 Å². The maximum absolute atomic E-state index is 10.3. The van der Waals surface area contributed by atoms with Gasteiger partial charge in [-0.25, -0.2) is 0 Å². The van der Waals surface area contributed by atoms with Gasteiger partial charge in [-0.05, 0) is 35.4 Å². The van der Waals surface area contributed by atoms with Crippen LogP contribution in [0.4, 0.5) is 5.69 Å². The molecule has 0 aliphatic carbocycles. The molecule has 3 aromatic carbocycles. The van der Waals surface area contributed by atoms with Crippen LogP contribution in [0.1, 0.15) is 0 Å². The quantitative estimate of drug-likeness (QED) is 0.666. The summed E-state index contributed by atoms with van der Waals surface area (Å²) in [7, 11) is 0. The zero-order valence-corrected chi connectivity index (χ0v) is 16.7. The van der Waals surface area contributed by atoms with Crippen molar-refractivity contribution in [2.75, 3.05) is 44.2 Å². The Balaban J connectivity index is 1.24. The lowest BCUT2D eigenvalue weighted by atomic mass is 10.1. The highest BCUT2D eigenvalue weighted by Crippen LogP contribution is 2.23. The van der Waals surface area contributed by atoms with Crippen molar-refractivity contribution in [1.82, 2.24) is 4.90 Å². The number of hydrogen-bond acceptors (Lipinski definition) is 4. The van der Waals surface area contributed by atoms with Gasteiger partial charge in [0.05, 0.1) is 0 Å². The molecule has 1 fully saturated rings. The standard InChI is InChI=1S/C25H28N2O2/c28-24(20-29-25-9-5-2-6-10-25)19-26-15-17-27(18-16-26)23-13-11-22(12-14-23)21-7-3-1-4-8-21/h1-14,24,28H,15-20H2. The number of aliphatic hydroxyl groups excluding tert-OH is 1. The lowest BCUT2D eigenvalue weighted by Gasteiger charge is -2.37. The van der Waals surface area contributed by atoms with Gasteiger partial charge in [-0.15, -0.1) is 0 Å². The van der Waals surface area contributed by atoms with Gasteiger partial charge in [0.25, 0.3) is 0 Å². The molecule has 1 unspecified atom stereocenters. The minimum Gasteiger partial charge on any atom is -0.491 e. The second-order valence-electron chi connectivity index (χ2n) is 7.48. The van der Waals surface area contributed by atoms with Crippen LogP contribution in [0.5, 0.6) is 5.75 Å². The molecule has 4 heteroatoms. The molecule has 150 valence electrons. The van der Waals surface area contributed by atoms with E-state index < -0.39 is 6.10 Å². The van der Waals surface area contributed by atoms with Crippen molar-refractivity contribution in [1.29, 1.82) is 0 Å². The summed E-state index contributed by atoms with van der Waals surface area (Å²) in [6.07, 6.45) is -0.480. The van der Waals surface area contributed by atoms with E-state index in [9.17, 15) is 5.11 Å². The Morgan fingerprint density at radius 1 is 0.724 bits per heavy atom. The number of ether oxygens (including phenoxy) is 1. The number of benzene rings is 3. The van der Waals surface area contributed by atoms with Gasteiger partial charge in [-0.2, -0.15) is 0 Å². The first-order valence-corrected chi connectivity index (χ1v) is 10.3. The molecule has 1 heterocycles. The monoisotopic (exact) mass is 388 g/mol. The normalized spacial score (nSPS) is 15.8. The number of para-hydroxylation sites is 1. The van der Waals surface area contributed by atoms with Crippen molar-refractivity contribution in [3.8, 4) is 16.9 Å². The van der Waals surface area contributed by atoms with Gasteiger partial charge in [0, 0.05) is 38.4 Å². The fourth-order valence-electron chi connectivity index (χ4n) is 3.74. The van der Waals surface area contributed by atoms with E-state index in [0.717, 1.165) is 31.9 Å². The van der Waals surface area contributed by atoms with Crippen LogP contribution in [-0.2, 0) is 0 Å². The third-order valence-electron chi connectivity index (χ3n) is 5.37. The molecule has 3 aromatic rings. The third-order valence-corrected chi connectivity index (χ3v) is 5.37. The van der Waals surface area contributed by atoms with E-state index >= 15 is 0 Å². The van der Waals surface area contributed by atoms with Crippen molar-refractivity contribution in [2.45, 2.75) is 6.10 Å². The molecule has 0 aromatic heterocycles. The van der Waals surface area contributed by atoms with Crippen LogP contribution in [0.15, 0.2) is 84.9 Å². The van der Waals surface area contributed by atoms with E-state index in [-0.39, 0.29) is 0 Å². The Morgan fingerprint density at radius 3 is 1.97 bits per heavy atom. The molecule has 1 N–H and O–H groups in total. The minimum absolute atomic E-state index is 0.325. The lowest BCUT2D eigenvalue weighted by Crippen LogP contribution is -2.49. The van der Waals surface area contributed by atoms with Gasteiger partial charge < -0.3 is 14.7 Å². The van der Waals surface area contributed by atoms with E-state index in [0.29, 0.717) is 13.2 Å². The van der Waals surface area contributed by atoms with E-state index in [1.165, 1.54) is 16.8 Å². The van der Waals surface area contributed by atoms with Gasteiger partial charge in [0.15, 0.2) is 0 Å². The van der Waals surface area contributed by atoms with Crippen LogP contribution in [0.3, 0.4) is 0 Å². The average Bonchev–Trinajstić information content (AvgIpc) is 2.80. The molecule has 29 heavy (non-hydrogen) atoms. The number of anilines is 1. The molecule has 0 amide bonds. The van der Waals surface area contributed by atoms with Crippen molar-refractivity contribution in [2.24, 2.45) is 0 Å². The number of nitrogens with zero attached hydrogens (tertiary/aromatic N) is 2. The van der Waals surface area contributed by atoms with E-state index in [1.807, 2.05) is 36.4 Å². The smallest absolute Gasteiger partial charge is 0.119 e. The summed E-state index contributed by atoms with van der Waals surface area (Å²) < 4.78 is 5.66. The summed E-state index contributed by atoms with van der Waals surface area (Å²) >= 11 is 0. The predicted molar refractivity (Wildman–Crippen MR) is 118 cm³/mol. The first kappa shape index (κ1) is 19.5. The van der Waals surface area contributed by atoms with Gasteiger partial charge >= 0.3 is 0 Å². The Bertz CT molecular complexity index is 860. The summed E-state index contributed by atoms with van der Waals surface area (Å²) in [5.41, 5.74) is 3.75. The fraction of sp³-hybridized carbons (Fsp3) is 0.280. The Morgan fingerprint density at radius 2 is 1.31 bits per heavy atom. The number of β-amino-alcohol motifs (C(OH)–C–C–N with tert-alkyl or cyclic N) is 1. The number of piperazine rings is 1. The maximum atomic E-state index is 10.3. The fourth-order valence-corrected chi connectivity index (χ4v) is 3.74. The molecule has 0 spiro atoms. The second kappa shape index (κ2) is 9.59. The van der Waals surface area contributed by atoms with Crippen LogP contribution in [0, 0.1) is 0 Å². The van der Waals surface area contributed by atoms with Crippen LogP contribution in [0.2, 0.25) is 0 Å². The highest BCUT2D eigenvalue weighted by molar-refractivity contribution is 5.66. The minimum atomic E-state index is -0.480. The maximum Gasteiger partial charge on any atom is 0.119 e. The molecule has 1 aliphatic heterocycles. The lowest BCUT2D eigenvalue weighted by molar-refractivity contribution is 0.0663. The largest absolute Gasteiger partial charge is 0.491 e. The van der Waals surface area contributed by atoms with Crippen LogP contribution >= 0.6 is 0 Å². The van der Waals surface area contributed by atoms with Gasteiger partial charge in [-0.1, -0.05) is 60.7 Å². The van der Waals surface area contributed by atoms with Crippen LogP contribution < -0.4 is 9.64 Å². The van der Waals surface area contributed by atoms with E-state index in [2.05, 4.69) is 58.3 Å². The number of aliphatic hydroxyl groups is 1. The van der Waals surface area contributed by atoms with Crippen LogP contribution in [-0.4, -0.2) is 55.4 Å². The van der Waals surface area contributed by atoms with Crippen molar-refractivity contribution >= 4 is 5.69 Å². The molecular formula is C25H28N2O2. The van der Waals surface area contributed by atoms with Crippen molar-refractivity contribution in [3.63, 3.8) is 0 Å². The van der Waals surface area contributed by atoms with Crippen molar-refractivity contribution in [3.05, 3.63) is 84.9 Å². The molecule has 0 saturated carbocycles. The summed E-state index contributed by atoms with van der Waals surface area (Å²) in [6.45, 7) is 4.80. The molecular weight excluding hydrogens is 360 g/mol. The second-order valence-corrected chi connectivity index (χ2v) is 7.48. The first-order chi connectivity index (χ1) is 14.3. The molecule has 0 bridgehead atoms. The topological polar surface area (TPSA) is 35.9 Å². The zero-order chi connectivity index (χ0) is 19.9. The van der Waals surface area contributed by atoms with E-state index in [4.69, 9.17) is 4.74 Å². The summed E-state index contributed by atoms with van der Waals surface area (Å²) in [5, 5.41) is 10.3. The molecule has 0 radical (unpaired) electrons. The Hall–Kier alpha value is -2.82. The summed E-state index contributed by atoms with van der Waals surface area (Å²) in [6, 6.07) is 28.9. The van der Waals surface area contributed by atoms with Gasteiger partial charge in [0.1, 0.15) is 18.5 Å². The van der Waals surface area contributed by atoms with Gasteiger partial charge in [-0.3, -0.25) is 4.90 Å². The average molecular weight is 389 g/mol. The van der Waals surface area contributed by atoms with Gasteiger partial charge in [0.2, 0.25) is 0 Å². The SMILES string of the molecule is OC(COc1ccccc1)CN1CCN(c2ccc(-c3ccccc3)cc2)CC1. The highest BCUT2D eigenvalue weighted by atomic mass is 16.5. The molecule has 1 aliphatic rings.